The lowest BCUT2D eigenvalue weighted by Crippen LogP contribution is -1.98. The number of rotatable bonds is 4. The molecule has 10 aromatic carbocycles. The maximum Gasteiger partial charge on any atom is 0.135 e. The molecule has 1 aliphatic heterocycles. The van der Waals surface area contributed by atoms with Crippen LogP contribution in [-0.2, 0) is 0 Å². The largest absolute Gasteiger partial charge is 0.456 e. The summed E-state index contributed by atoms with van der Waals surface area (Å²) in [6.45, 7) is 0. The SMILES string of the molecule is [2H]c1c([2H])c([2H])c(-c2cc(-c3ccc4c(c3)-c3cccc5c(-c6c([2H])c([2H])c([2H])c([2H])c6[2H])ccc(c35)O4)cc(-c3c4ccccc4cc4c3ccc3ccccc34)c2)c([2H])c1[2H]. The summed E-state index contributed by atoms with van der Waals surface area (Å²) >= 11 is 0. The van der Waals surface area contributed by atoms with Crippen LogP contribution in [0, 0.1) is 0 Å². The van der Waals surface area contributed by atoms with Crippen molar-refractivity contribution in [3.8, 4) is 67.1 Å². The lowest BCUT2D eigenvalue weighted by atomic mass is 9.86. The summed E-state index contributed by atoms with van der Waals surface area (Å²) in [5.74, 6) is 1.17. The molecule has 246 valence electrons. The van der Waals surface area contributed by atoms with Gasteiger partial charge in [-0.1, -0.05) is 151 Å². The minimum absolute atomic E-state index is 0.0965. The molecule has 0 radical (unpaired) electrons. The first-order valence-electron chi connectivity index (χ1n) is 22.4. The van der Waals surface area contributed by atoms with Crippen LogP contribution < -0.4 is 4.74 Å². The number of hydrogen-bond donors (Lipinski definition) is 0. The van der Waals surface area contributed by atoms with Crippen molar-refractivity contribution in [3.05, 3.63) is 194 Å². The van der Waals surface area contributed by atoms with Gasteiger partial charge in [-0.15, -0.1) is 0 Å². The maximum absolute atomic E-state index is 9.03. The van der Waals surface area contributed by atoms with Gasteiger partial charge < -0.3 is 4.74 Å². The van der Waals surface area contributed by atoms with E-state index in [1.165, 1.54) is 0 Å². The predicted octanol–water partition coefficient (Wildman–Crippen LogP) is 14.7. The Bertz CT molecular complexity index is 3610. The second kappa shape index (κ2) is 11.8. The molecule has 11 rings (SSSR count). The highest BCUT2D eigenvalue weighted by Crippen LogP contribution is 2.50. The average molecular weight is 683 g/mol. The van der Waals surface area contributed by atoms with Gasteiger partial charge in [0.1, 0.15) is 11.5 Å². The predicted molar refractivity (Wildman–Crippen MR) is 224 cm³/mol. The summed E-state index contributed by atoms with van der Waals surface area (Å²) in [7, 11) is 0. The van der Waals surface area contributed by atoms with E-state index in [-0.39, 0.29) is 35.3 Å². The van der Waals surface area contributed by atoms with E-state index in [0.29, 0.717) is 28.0 Å². The minimum atomic E-state index is -0.462. The molecule has 0 unspecified atom stereocenters. The lowest BCUT2D eigenvalue weighted by molar-refractivity contribution is 0.487. The summed E-state index contributed by atoms with van der Waals surface area (Å²) in [5.41, 5.74) is 6.02. The lowest BCUT2D eigenvalue weighted by Gasteiger charge is -2.23. The number of benzene rings is 10. The van der Waals surface area contributed by atoms with Crippen LogP contribution in [0.4, 0.5) is 0 Å². The molecule has 53 heavy (non-hydrogen) atoms. The van der Waals surface area contributed by atoms with Crippen LogP contribution in [0.2, 0.25) is 0 Å². The van der Waals surface area contributed by atoms with Crippen molar-refractivity contribution in [1.29, 1.82) is 0 Å². The summed E-state index contributed by atoms with van der Waals surface area (Å²) < 4.78 is 92.5. The number of ether oxygens (including phenoxy) is 1. The molecule has 0 aromatic heterocycles. The van der Waals surface area contributed by atoms with Crippen molar-refractivity contribution in [3.63, 3.8) is 0 Å². The van der Waals surface area contributed by atoms with E-state index in [2.05, 4.69) is 48.5 Å². The van der Waals surface area contributed by atoms with Crippen molar-refractivity contribution >= 4 is 43.1 Å². The molecule has 0 spiro atoms. The highest BCUT2D eigenvalue weighted by Gasteiger charge is 2.23. The van der Waals surface area contributed by atoms with Gasteiger partial charge in [0.15, 0.2) is 0 Å². The Morgan fingerprint density at radius 2 is 1.02 bits per heavy atom. The van der Waals surface area contributed by atoms with Gasteiger partial charge in [0.25, 0.3) is 0 Å². The van der Waals surface area contributed by atoms with Crippen LogP contribution in [-0.4, -0.2) is 0 Å². The van der Waals surface area contributed by atoms with E-state index < -0.39 is 36.3 Å². The molecular weight excluding hydrogens is 641 g/mol. The Morgan fingerprint density at radius 1 is 0.340 bits per heavy atom. The van der Waals surface area contributed by atoms with Crippen LogP contribution >= 0.6 is 0 Å². The second-order valence-corrected chi connectivity index (χ2v) is 13.3. The van der Waals surface area contributed by atoms with Gasteiger partial charge in [-0.05, 0) is 130 Å². The van der Waals surface area contributed by atoms with Crippen LogP contribution in [0.1, 0.15) is 13.7 Å². The molecule has 0 saturated heterocycles. The Labute approximate surface area is 322 Å². The molecule has 10 aromatic rings. The summed E-state index contributed by atoms with van der Waals surface area (Å²) in [6, 6.07) is 40.1. The molecule has 0 atom stereocenters. The smallest absolute Gasteiger partial charge is 0.135 e. The molecule has 0 aliphatic carbocycles. The fourth-order valence-corrected chi connectivity index (χ4v) is 8.02. The monoisotopic (exact) mass is 682 g/mol. The Hall–Kier alpha value is -6.96. The molecule has 0 saturated carbocycles. The Kier molecular flexibility index (Phi) is 4.77. The zero-order valence-corrected chi connectivity index (χ0v) is 28.1. The highest BCUT2D eigenvalue weighted by atomic mass is 16.5. The van der Waals surface area contributed by atoms with Gasteiger partial charge in [0.2, 0.25) is 0 Å². The van der Waals surface area contributed by atoms with E-state index in [1.54, 1.807) is 12.1 Å². The highest BCUT2D eigenvalue weighted by molar-refractivity contribution is 6.20. The van der Waals surface area contributed by atoms with E-state index >= 15 is 0 Å². The molecule has 1 heterocycles. The molecule has 1 nitrogen and oxygen atoms in total. The van der Waals surface area contributed by atoms with Crippen molar-refractivity contribution in [1.82, 2.24) is 0 Å². The molecule has 1 heteroatoms. The van der Waals surface area contributed by atoms with Crippen molar-refractivity contribution in [2.24, 2.45) is 0 Å². The Balaban J connectivity index is 1.18. The van der Waals surface area contributed by atoms with E-state index in [0.717, 1.165) is 71.1 Å². The fraction of sp³-hybridized carbons (Fsp3) is 0. The normalized spacial score (nSPS) is 14.6. The van der Waals surface area contributed by atoms with Crippen LogP contribution in [0.5, 0.6) is 11.5 Å². The van der Waals surface area contributed by atoms with E-state index in [9.17, 15) is 0 Å². The first-order chi connectivity index (χ1) is 30.4. The van der Waals surface area contributed by atoms with E-state index in [4.69, 9.17) is 18.4 Å². The second-order valence-electron chi connectivity index (χ2n) is 13.3. The van der Waals surface area contributed by atoms with Gasteiger partial charge in [-0.3, -0.25) is 0 Å². The van der Waals surface area contributed by atoms with Crippen LogP contribution in [0.15, 0.2) is 194 Å². The zero-order chi connectivity index (χ0) is 43.6. The Morgan fingerprint density at radius 3 is 1.85 bits per heavy atom. The van der Waals surface area contributed by atoms with Crippen molar-refractivity contribution in [2.45, 2.75) is 0 Å². The van der Waals surface area contributed by atoms with Crippen LogP contribution in [0.3, 0.4) is 0 Å². The summed E-state index contributed by atoms with van der Waals surface area (Å²) in [4.78, 5) is 0. The first kappa shape index (κ1) is 21.4. The van der Waals surface area contributed by atoms with Gasteiger partial charge in [-0.2, -0.15) is 0 Å². The fourth-order valence-electron chi connectivity index (χ4n) is 8.02. The molecule has 0 N–H and O–H groups in total. The number of fused-ring (bicyclic) bond motifs is 6. The third-order valence-corrected chi connectivity index (χ3v) is 10.4. The standard InChI is InChI=1S/C52H32O/c1-3-12-33(13-4-1)38-28-39(30-40(29-38)51-43-19-10-8-17-37(43)32-47-41-18-9-7-16-35(41)22-24-46(47)51)36-23-26-49-48(31-36)45-21-11-20-44-42(34-14-5-2-6-15-34)25-27-50(53-49)52(44)45/h1-32H/i1D,2D,3D,4D,5D,6D,12D,13D,14D,15D. The van der Waals surface area contributed by atoms with Gasteiger partial charge in [0.05, 0.1) is 13.7 Å². The molecule has 0 amide bonds. The topological polar surface area (TPSA) is 9.23 Å². The van der Waals surface area contributed by atoms with Crippen molar-refractivity contribution in [2.75, 3.05) is 0 Å². The van der Waals surface area contributed by atoms with Gasteiger partial charge in [0, 0.05) is 10.9 Å². The van der Waals surface area contributed by atoms with Crippen LogP contribution in [0.25, 0.3) is 98.7 Å². The van der Waals surface area contributed by atoms with E-state index in [1.807, 2.05) is 72.8 Å². The van der Waals surface area contributed by atoms with Gasteiger partial charge in [-0.25, -0.2) is 0 Å². The summed E-state index contributed by atoms with van der Waals surface area (Å²) in [6.07, 6.45) is 0. The molecule has 1 aliphatic rings. The molecule has 0 fully saturated rings. The molecular formula is C52H32O. The first-order valence-corrected chi connectivity index (χ1v) is 17.4. The van der Waals surface area contributed by atoms with Gasteiger partial charge >= 0.3 is 0 Å². The minimum Gasteiger partial charge on any atom is -0.456 e. The van der Waals surface area contributed by atoms with Crippen molar-refractivity contribution < 1.29 is 18.4 Å². The average Bonchev–Trinajstić information content (AvgIpc) is 3.31. The molecule has 0 bridgehead atoms. The quantitative estimate of drug-likeness (QED) is 0.133. The summed E-state index contributed by atoms with van der Waals surface area (Å²) in [5, 5.41) is 7.71. The maximum atomic E-state index is 9.03. The zero-order valence-electron chi connectivity index (χ0n) is 38.1. The number of hydrogen-bond acceptors (Lipinski definition) is 1. The third-order valence-electron chi connectivity index (χ3n) is 10.4. The third kappa shape index (κ3) is 4.79.